The molecule has 0 aromatic carbocycles. The van der Waals surface area contributed by atoms with Gasteiger partial charge in [0.1, 0.15) is 0 Å². The fraction of sp³-hybridized carbons (Fsp3) is 0.111. The molecular formula is C9H10S2. The van der Waals surface area contributed by atoms with Crippen LogP contribution >= 0.6 is 23.1 Å². The lowest BCUT2D eigenvalue weighted by molar-refractivity contribution is 1.92. The van der Waals surface area contributed by atoms with E-state index in [-0.39, 0.29) is 0 Å². The van der Waals surface area contributed by atoms with Gasteiger partial charge in [0.15, 0.2) is 0 Å². The Morgan fingerprint density at radius 1 is 1.73 bits per heavy atom. The third-order valence-corrected chi connectivity index (χ3v) is 3.08. The van der Waals surface area contributed by atoms with E-state index in [1.54, 1.807) is 23.1 Å². The smallest absolute Gasteiger partial charge is 0.0406 e. The van der Waals surface area contributed by atoms with Crippen molar-refractivity contribution in [3.05, 3.63) is 41.1 Å². The van der Waals surface area contributed by atoms with Crippen LogP contribution in [0.2, 0.25) is 0 Å². The van der Waals surface area contributed by atoms with Crippen LogP contribution in [0.3, 0.4) is 0 Å². The minimum Gasteiger partial charge on any atom is -0.143 e. The maximum Gasteiger partial charge on any atom is 0.0406 e. The predicted molar refractivity (Wildman–Crippen MR) is 56.0 cm³/mol. The zero-order valence-corrected chi connectivity index (χ0v) is 8.04. The molecule has 0 bridgehead atoms. The van der Waals surface area contributed by atoms with Gasteiger partial charge in [-0.1, -0.05) is 18.7 Å². The van der Waals surface area contributed by atoms with Crippen molar-refractivity contribution >= 4 is 28.0 Å². The molecule has 0 atom stereocenters. The largest absolute Gasteiger partial charge is 0.143 e. The molecule has 0 unspecified atom stereocenters. The molecule has 1 aromatic rings. The third kappa shape index (κ3) is 2.24. The maximum atomic E-state index is 3.67. The fourth-order valence-corrected chi connectivity index (χ4v) is 2.32. The second-order valence-corrected chi connectivity index (χ2v) is 3.74. The molecule has 0 nitrogen and oxygen atoms in total. The zero-order valence-electron chi connectivity index (χ0n) is 6.41. The number of allylic oxidation sites excluding steroid dienone is 2. The Kier molecular flexibility index (Phi) is 3.46. The van der Waals surface area contributed by atoms with Crippen molar-refractivity contribution in [3.63, 3.8) is 0 Å². The van der Waals surface area contributed by atoms with Crippen LogP contribution in [-0.4, -0.2) is 6.26 Å². The van der Waals surface area contributed by atoms with Gasteiger partial charge in [-0.2, -0.15) is 0 Å². The molecule has 0 fully saturated rings. The summed E-state index contributed by atoms with van der Waals surface area (Å²) >= 11 is 3.51. The van der Waals surface area contributed by atoms with E-state index in [0.29, 0.717) is 0 Å². The minimum atomic E-state index is 1.29. The van der Waals surface area contributed by atoms with E-state index < -0.39 is 0 Å². The quantitative estimate of drug-likeness (QED) is 0.643. The SMILES string of the molecule is C=C/C=C(\SC)c1cccs1. The van der Waals surface area contributed by atoms with Crippen LogP contribution in [0, 0.1) is 0 Å². The summed E-state index contributed by atoms with van der Waals surface area (Å²) in [7, 11) is 0. The Bertz CT molecular complexity index is 245. The van der Waals surface area contributed by atoms with Crippen molar-refractivity contribution in [2.24, 2.45) is 0 Å². The van der Waals surface area contributed by atoms with Gasteiger partial charge in [-0.15, -0.1) is 23.1 Å². The highest BCUT2D eigenvalue weighted by Gasteiger charge is 1.97. The van der Waals surface area contributed by atoms with Gasteiger partial charge in [0.25, 0.3) is 0 Å². The van der Waals surface area contributed by atoms with Crippen LogP contribution in [0.15, 0.2) is 36.2 Å². The number of thioether (sulfide) groups is 1. The third-order valence-electron chi connectivity index (χ3n) is 1.25. The van der Waals surface area contributed by atoms with E-state index in [1.807, 2.05) is 12.2 Å². The molecule has 0 N–H and O–H groups in total. The summed E-state index contributed by atoms with van der Waals surface area (Å²) in [5, 5.41) is 2.09. The normalized spacial score (nSPS) is 11.5. The van der Waals surface area contributed by atoms with E-state index in [9.17, 15) is 0 Å². The zero-order chi connectivity index (χ0) is 8.10. The summed E-state index contributed by atoms with van der Waals surface area (Å²) in [4.78, 5) is 2.60. The number of hydrogen-bond donors (Lipinski definition) is 0. The van der Waals surface area contributed by atoms with E-state index in [4.69, 9.17) is 0 Å². The van der Waals surface area contributed by atoms with Gasteiger partial charge >= 0.3 is 0 Å². The molecule has 0 radical (unpaired) electrons. The Morgan fingerprint density at radius 2 is 2.55 bits per heavy atom. The maximum absolute atomic E-state index is 3.67. The molecule has 0 aliphatic heterocycles. The summed E-state index contributed by atoms with van der Waals surface area (Å²) in [6.07, 6.45) is 5.94. The molecule has 1 heterocycles. The van der Waals surface area contributed by atoms with E-state index >= 15 is 0 Å². The molecule has 2 heteroatoms. The first kappa shape index (κ1) is 8.62. The summed E-state index contributed by atoms with van der Waals surface area (Å²) in [6, 6.07) is 4.18. The van der Waals surface area contributed by atoms with Crippen molar-refractivity contribution in [2.75, 3.05) is 6.26 Å². The van der Waals surface area contributed by atoms with Crippen LogP contribution in [0.4, 0.5) is 0 Å². The van der Waals surface area contributed by atoms with Crippen molar-refractivity contribution in [2.45, 2.75) is 0 Å². The summed E-state index contributed by atoms with van der Waals surface area (Å²) in [5.74, 6) is 0. The molecule has 0 aliphatic rings. The molecule has 0 spiro atoms. The predicted octanol–water partition coefficient (Wildman–Crippen LogP) is 3.64. The van der Waals surface area contributed by atoms with Crippen LogP contribution in [-0.2, 0) is 0 Å². The van der Waals surface area contributed by atoms with Crippen LogP contribution in [0.1, 0.15) is 4.88 Å². The minimum absolute atomic E-state index is 1.29. The Labute approximate surface area is 75.6 Å². The molecule has 0 saturated carbocycles. The van der Waals surface area contributed by atoms with Gasteiger partial charge in [0.2, 0.25) is 0 Å². The van der Waals surface area contributed by atoms with Crippen molar-refractivity contribution in [1.82, 2.24) is 0 Å². The molecule has 58 valence electrons. The van der Waals surface area contributed by atoms with Crippen molar-refractivity contribution < 1.29 is 0 Å². The standard InChI is InChI=1S/C9H10S2/c1-3-5-8(10-2)9-6-4-7-11-9/h3-7H,1H2,2H3/b8-5-. The highest BCUT2D eigenvalue weighted by Crippen LogP contribution is 2.28. The van der Waals surface area contributed by atoms with Crippen molar-refractivity contribution in [3.8, 4) is 0 Å². The van der Waals surface area contributed by atoms with E-state index in [1.165, 1.54) is 9.78 Å². The van der Waals surface area contributed by atoms with Gasteiger partial charge in [0, 0.05) is 9.78 Å². The molecular weight excluding hydrogens is 172 g/mol. The monoisotopic (exact) mass is 182 g/mol. The van der Waals surface area contributed by atoms with Crippen LogP contribution in [0.5, 0.6) is 0 Å². The van der Waals surface area contributed by atoms with Gasteiger partial charge in [-0.25, -0.2) is 0 Å². The summed E-state index contributed by atoms with van der Waals surface area (Å²) in [5.41, 5.74) is 0. The lowest BCUT2D eigenvalue weighted by Gasteiger charge is -1.96. The lowest BCUT2D eigenvalue weighted by Crippen LogP contribution is -1.68. The highest BCUT2D eigenvalue weighted by molar-refractivity contribution is 8.07. The second kappa shape index (κ2) is 4.42. The first-order valence-corrected chi connectivity index (χ1v) is 5.39. The molecule has 11 heavy (non-hydrogen) atoms. The number of rotatable bonds is 3. The number of hydrogen-bond acceptors (Lipinski definition) is 2. The lowest BCUT2D eigenvalue weighted by atomic mass is 10.4. The average molecular weight is 182 g/mol. The molecule has 0 saturated heterocycles. The Hall–Kier alpha value is -0.470. The van der Waals surface area contributed by atoms with Crippen LogP contribution in [0.25, 0.3) is 4.91 Å². The summed E-state index contributed by atoms with van der Waals surface area (Å²) < 4.78 is 0. The first-order valence-electron chi connectivity index (χ1n) is 3.29. The van der Waals surface area contributed by atoms with Gasteiger partial charge < -0.3 is 0 Å². The van der Waals surface area contributed by atoms with Crippen molar-refractivity contribution in [1.29, 1.82) is 0 Å². The van der Waals surface area contributed by atoms with Crippen LogP contribution < -0.4 is 0 Å². The van der Waals surface area contributed by atoms with Gasteiger partial charge in [-0.05, 0) is 23.8 Å². The average Bonchev–Trinajstić information content (AvgIpc) is 2.52. The van der Waals surface area contributed by atoms with Gasteiger partial charge in [-0.3, -0.25) is 0 Å². The molecule has 1 rings (SSSR count). The summed E-state index contributed by atoms with van der Waals surface area (Å²) in [6.45, 7) is 3.67. The molecule has 0 aliphatic carbocycles. The fourth-order valence-electron chi connectivity index (χ4n) is 0.777. The number of thiophene rings is 1. The first-order chi connectivity index (χ1) is 5.38. The second-order valence-electron chi connectivity index (χ2n) is 1.95. The van der Waals surface area contributed by atoms with E-state index in [0.717, 1.165) is 0 Å². The van der Waals surface area contributed by atoms with Gasteiger partial charge in [0.05, 0.1) is 0 Å². The van der Waals surface area contributed by atoms with E-state index in [2.05, 4.69) is 30.3 Å². The topological polar surface area (TPSA) is 0 Å². The molecule has 1 aromatic heterocycles. The highest BCUT2D eigenvalue weighted by atomic mass is 32.2. The Balaban J connectivity index is 2.88. The molecule has 0 amide bonds. The Morgan fingerprint density at radius 3 is 3.00 bits per heavy atom.